The molecule has 2 heterocycles. The topological polar surface area (TPSA) is 103 Å². The van der Waals surface area contributed by atoms with Gasteiger partial charge in [0.05, 0.1) is 15.3 Å². The largest absolute Gasteiger partial charge is 0.351 e. The van der Waals surface area contributed by atoms with Crippen molar-refractivity contribution in [1.29, 1.82) is 0 Å². The molecule has 2 amide bonds. The maximum Gasteiger partial charge on any atom is 0.267 e. The zero-order valence-corrected chi connectivity index (χ0v) is 15.0. The summed E-state index contributed by atoms with van der Waals surface area (Å²) in [6.45, 7) is 1.97. The molecule has 4 N–H and O–H groups in total. The van der Waals surface area contributed by atoms with E-state index in [1.807, 2.05) is 0 Å². The fourth-order valence-corrected chi connectivity index (χ4v) is 2.47. The number of nitrogens with one attached hydrogen (secondary N) is 4. The van der Waals surface area contributed by atoms with Gasteiger partial charge in [-0.15, -0.1) is 0 Å². The molecule has 0 aliphatic rings. The number of aryl methyl sites for hydroxylation is 1. The van der Waals surface area contributed by atoms with Crippen LogP contribution in [0.25, 0.3) is 0 Å². The quantitative estimate of drug-likeness (QED) is 0.527. The number of carbonyl (C=O) groups is 2. The molecule has 0 unspecified atom stereocenters. The summed E-state index contributed by atoms with van der Waals surface area (Å²) in [6.07, 6.45) is 3.16. The smallest absolute Gasteiger partial charge is 0.267 e. The predicted molar refractivity (Wildman–Crippen MR) is 89.7 cm³/mol. The summed E-state index contributed by atoms with van der Waals surface area (Å²) in [5, 5.41) is 5.41. The van der Waals surface area contributed by atoms with Gasteiger partial charge < -0.3 is 15.3 Å². The van der Waals surface area contributed by atoms with Gasteiger partial charge in [0.1, 0.15) is 5.69 Å². The zero-order chi connectivity index (χ0) is 16.1. The lowest BCUT2D eigenvalue weighted by molar-refractivity contribution is -0.114. The number of imidazole rings is 1. The van der Waals surface area contributed by atoms with Crippen LogP contribution in [0.1, 0.15) is 29.5 Å². The Balaban J connectivity index is 1.73. The number of aromatic nitrogens is 3. The van der Waals surface area contributed by atoms with Gasteiger partial charge in [-0.05, 0) is 50.8 Å². The van der Waals surface area contributed by atoms with Crippen molar-refractivity contribution in [1.82, 2.24) is 20.3 Å². The molecule has 2 aromatic rings. The summed E-state index contributed by atoms with van der Waals surface area (Å²) in [5.74, 6) is 0.110. The maximum atomic E-state index is 11.9. The third-order valence-electron chi connectivity index (χ3n) is 2.80. The molecule has 0 atom stereocenters. The number of rotatable bonds is 6. The molecule has 2 aromatic heterocycles. The molecule has 0 fully saturated rings. The van der Waals surface area contributed by atoms with Gasteiger partial charge in [0.15, 0.2) is 0 Å². The average molecular weight is 433 g/mol. The molecule has 0 saturated heterocycles. The first-order valence-electron chi connectivity index (χ1n) is 6.59. The van der Waals surface area contributed by atoms with Crippen LogP contribution in [0, 0.1) is 0 Å². The highest BCUT2D eigenvalue weighted by molar-refractivity contribution is 9.13. The van der Waals surface area contributed by atoms with E-state index >= 15 is 0 Å². The Morgan fingerprint density at radius 2 is 2.09 bits per heavy atom. The van der Waals surface area contributed by atoms with Crippen LogP contribution in [-0.4, -0.2) is 33.3 Å². The van der Waals surface area contributed by atoms with E-state index in [1.165, 1.54) is 6.92 Å². The Morgan fingerprint density at radius 3 is 2.73 bits per heavy atom. The summed E-state index contributed by atoms with van der Waals surface area (Å²) in [4.78, 5) is 32.8. The number of nitrogens with zero attached hydrogens (tertiary/aromatic N) is 1. The van der Waals surface area contributed by atoms with Gasteiger partial charge in [0.2, 0.25) is 11.9 Å². The Labute approximate surface area is 143 Å². The van der Waals surface area contributed by atoms with E-state index in [1.54, 1.807) is 12.3 Å². The third kappa shape index (κ3) is 4.70. The normalized spacial score (nSPS) is 10.5. The Bertz CT molecular complexity index is 660. The standard InChI is InChI=1S/C13H15Br2N5O2/c1-7(21)18-13-17-6-8(19-13)3-2-4-16-12(22)10-5-9(14)11(15)20-10/h5-6,20H,2-4H2,1H3,(H,16,22)(H2,17,18,19,21). The van der Waals surface area contributed by atoms with Crippen LogP contribution in [0.3, 0.4) is 0 Å². The minimum atomic E-state index is -0.170. The second kappa shape index (κ2) is 7.59. The molecule has 9 heteroatoms. The summed E-state index contributed by atoms with van der Waals surface area (Å²) in [6, 6.07) is 1.72. The lowest BCUT2D eigenvalue weighted by Crippen LogP contribution is -2.25. The third-order valence-corrected chi connectivity index (χ3v) is 4.58. The Hall–Kier alpha value is -1.61. The fraction of sp³-hybridized carbons (Fsp3) is 0.308. The van der Waals surface area contributed by atoms with E-state index in [0.29, 0.717) is 18.2 Å². The molecule has 0 aromatic carbocycles. The molecule has 22 heavy (non-hydrogen) atoms. The first kappa shape index (κ1) is 16.8. The number of H-pyrrole nitrogens is 2. The number of carbonyl (C=O) groups excluding carboxylic acids is 2. The second-order valence-electron chi connectivity index (χ2n) is 4.64. The molecule has 118 valence electrons. The Kier molecular flexibility index (Phi) is 5.78. The number of amides is 2. The van der Waals surface area contributed by atoms with E-state index < -0.39 is 0 Å². The SMILES string of the molecule is CC(=O)Nc1ncc(CCCNC(=O)c2cc(Br)c(Br)[nH]2)[nH]1. The lowest BCUT2D eigenvalue weighted by atomic mass is 10.2. The van der Waals surface area contributed by atoms with Crippen molar-refractivity contribution in [2.75, 3.05) is 11.9 Å². The number of halogens is 2. The maximum absolute atomic E-state index is 11.9. The van der Waals surface area contributed by atoms with Gasteiger partial charge in [-0.2, -0.15) is 0 Å². The van der Waals surface area contributed by atoms with Gasteiger partial charge in [-0.25, -0.2) is 4.98 Å². The van der Waals surface area contributed by atoms with Crippen LogP contribution in [0.4, 0.5) is 5.95 Å². The van der Waals surface area contributed by atoms with Crippen LogP contribution in [0.15, 0.2) is 21.3 Å². The number of hydrogen-bond acceptors (Lipinski definition) is 3. The first-order chi connectivity index (χ1) is 10.5. The highest BCUT2D eigenvalue weighted by Crippen LogP contribution is 2.22. The van der Waals surface area contributed by atoms with E-state index in [2.05, 4.69) is 57.4 Å². The highest BCUT2D eigenvalue weighted by atomic mass is 79.9. The van der Waals surface area contributed by atoms with Crippen molar-refractivity contribution in [2.45, 2.75) is 19.8 Å². The van der Waals surface area contributed by atoms with E-state index in [0.717, 1.165) is 27.6 Å². The van der Waals surface area contributed by atoms with Crippen molar-refractivity contribution < 1.29 is 9.59 Å². The van der Waals surface area contributed by atoms with Crippen LogP contribution in [-0.2, 0) is 11.2 Å². The molecular weight excluding hydrogens is 418 g/mol. The highest BCUT2D eigenvalue weighted by Gasteiger charge is 2.10. The van der Waals surface area contributed by atoms with E-state index in [-0.39, 0.29) is 11.8 Å². The van der Waals surface area contributed by atoms with Crippen LogP contribution in [0.5, 0.6) is 0 Å². The second-order valence-corrected chi connectivity index (χ2v) is 6.29. The molecule has 0 spiro atoms. The van der Waals surface area contributed by atoms with Gasteiger partial charge in [0, 0.05) is 19.2 Å². The minimum absolute atomic E-state index is 0.157. The number of aromatic amines is 2. The van der Waals surface area contributed by atoms with Gasteiger partial charge in [0.25, 0.3) is 5.91 Å². The van der Waals surface area contributed by atoms with Gasteiger partial charge in [-0.3, -0.25) is 14.9 Å². The summed E-state index contributed by atoms with van der Waals surface area (Å²) >= 11 is 6.61. The molecule has 2 rings (SSSR count). The molecule has 0 aliphatic heterocycles. The number of anilines is 1. The van der Waals surface area contributed by atoms with Crippen LogP contribution >= 0.6 is 31.9 Å². The molecule has 0 bridgehead atoms. The molecule has 7 nitrogen and oxygen atoms in total. The lowest BCUT2D eigenvalue weighted by Gasteiger charge is -2.03. The van der Waals surface area contributed by atoms with Crippen LogP contribution < -0.4 is 10.6 Å². The average Bonchev–Trinajstić information content (AvgIpc) is 3.02. The monoisotopic (exact) mass is 431 g/mol. The van der Waals surface area contributed by atoms with Gasteiger partial charge in [-0.1, -0.05) is 0 Å². The molecule has 0 saturated carbocycles. The first-order valence-corrected chi connectivity index (χ1v) is 8.18. The molecular formula is C13H15Br2N5O2. The zero-order valence-electron chi connectivity index (χ0n) is 11.8. The summed E-state index contributed by atoms with van der Waals surface area (Å²) in [5.41, 5.74) is 1.40. The number of hydrogen-bond donors (Lipinski definition) is 4. The van der Waals surface area contributed by atoms with Crippen molar-refractivity contribution in [2.24, 2.45) is 0 Å². The predicted octanol–water partition coefficient (Wildman–Crippen LogP) is 2.58. The van der Waals surface area contributed by atoms with Gasteiger partial charge >= 0.3 is 0 Å². The van der Waals surface area contributed by atoms with E-state index in [4.69, 9.17) is 0 Å². The minimum Gasteiger partial charge on any atom is -0.351 e. The summed E-state index contributed by atoms with van der Waals surface area (Å²) in [7, 11) is 0. The van der Waals surface area contributed by atoms with Crippen LogP contribution in [0.2, 0.25) is 0 Å². The summed E-state index contributed by atoms with van der Waals surface area (Å²) < 4.78 is 1.54. The molecule has 0 radical (unpaired) electrons. The molecule has 0 aliphatic carbocycles. The van der Waals surface area contributed by atoms with E-state index in [9.17, 15) is 9.59 Å². The van der Waals surface area contributed by atoms with Crippen molar-refractivity contribution in [3.8, 4) is 0 Å². The fourth-order valence-electron chi connectivity index (χ4n) is 1.82. The Morgan fingerprint density at radius 1 is 1.32 bits per heavy atom. The van der Waals surface area contributed by atoms with Crippen molar-refractivity contribution in [3.63, 3.8) is 0 Å². The van der Waals surface area contributed by atoms with Crippen molar-refractivity contribution >= 4 is 49.6 Å². The van der Waals surface area contributed by atoms with Crippen molar-refractivity contribution in [3.05, 3.63) is 32.7 Å².